The Kier molecular flexibility index (Phi) is 5.79. The number of hydrogen-bond donors (Lipinski definition) is 2. The third kappa shape index (κ3) is 5.07. The molecule has 1 aliphatic rings. The van der Waals surface area contributed by atoms with Crippen LogP contribution in [-0.2, 0) is 11.0 Å². The first-order chi connectivity index (χ1) is 12.8. The van der Waals surface area contributed by atoms with Crippen molar-refractivity contribution in [3.05, 3.63) is 53.1 Å². The van der Waals surface area contributed by atoms with Crippen LogP contribution in [0.25, 0.3) is 0 Å². The predicted molar refractivity (Wildman–Crippen MR) is 101 cm³/mol. The second-order valence-electron chi connectivity index (χ2n) is 6.33. The Hall–Kier alpha value is -2.41. The van der Waals surface area contributed by atoms with Crippen LogP contribution in [0.2, 0.25) is 5.02 Å². The molecule has 0 unspecified atom stereocenters. The molecule has 27 heavy (non-hydrogen) atoms. The number of nitrogens with one attached hydrogen (secondary N) is 2. The molecule has 1 heterocycles. The molecule has 0 bridgehead atoms. The van der Waals surface area contributed by atoms with Crippen molar-refractivity contribution in [1.82, 2.24) is 0 Å². The zero-order chi connectivity index (χ0) is 19.4. The molecule has 0 aromatic heterocycles. The molecule has 4 nitrogen and oxygen atoms in total. The van der Waals surface area contributed by atoms with Gasteiger partial charge in [0.1, 0.15) is 0 Å². The van der Waals surface area contributed by atoms with Crippen LogP contribution in [0.1, 0.15) is 18.4 Å². The number of hydrogen-bond acceptors (Lipinski definition) is 3. The number of rotatable bonds is 5. The van der Waals surface area contributed by atoms with Crippen molar-refractivity contribution in [2.24, 2.45) is 0 Å². The maximum Gasteiger partial charge on any atom is 0.418 e. The van der Waals surface area contributed by atoms with E-state index in [0.717, 1.165) is 24.8 Å². The summed E-state index contributed by atoms with van der Waals surface area (Å²) in [4.78, 5) is 14.3. The molecule has 3 rings (SSSR count). The van der Waals surface area contributed by atoms with Crippen LogP contribution in [0.15, 0.2) is 42.5 Å². The number of nitrogens with zero attached hydrogens (tertiary/aromatic N) is 1. The van der Waals surface area contributed by atoms with Crippen molar-refractivity contribution in [2.75, 3.05) is 35.2 Å². The van der Waals surface area contributed by atoms with E-state index >= 15 is 0 Å². The molecule has 144 valence electrons. The quantitative estimate of drug-likeness (QED) is 0.745. The summed E-state index contributed by atoms with van der Waals surface area (Å²) in [7, 11) is 0. The van der Waals surface area contributed by atoms with Gasteiger partial charge in [0.15, 0.2) is 0 Å². The molecule has 1 fully saturated rings. The molecule has 8 heteroatoms. The number of amides is 1. The van der Waals surface area contributed by atoms with Gasteiger partial charge in [0.05, 0.1) is 12.1 Å². The molecule has 0 spiro atoms. The summed E-state index contributed by atoms with van der Waals surface area (Å²) >= 11 is 5.64. The van der Waals surface area contributed by atoms with Crippen molar-refractivity contribution >= 4 is 34.6 Å². The fraction of sp³-hybridized carbons (Fsp3) is 0.316. The van der Waals surface area contributed by atoms with E-state index in [1.807, 2.05) is 12.1 Å². The summed E-state index contributed by atoms with van der Waals surface area (Å²) in [5.41, 5.74) is 0.598. The number of alkyl halides is 3. The van der Waals surface area contributed by atoms with E-state index in [1.165, 1.54) is 25.0 Å². The maximum atomic E-state index is 13.1. The molecule has 2 aromatic rings. The Morgan fingerprint density at radius 2 is 1.74 bits per heavy atom. The van der Waals surface area contributed by atoms with Gasteiger partial charge in [-0.1, -0.05) is 11.6 Å². The van der Waals surface area contributed by atoms with Gasteiger partial charge < -0.3 is 15.5 Å². The first-order valence-corrected chi connectivity index (χ1v) is 8.96. The monoisotopic (exact) mass is 397 g/mol. The van der Waals surface area contributed by atoms with E-state index in [1.54, 1.807) is 12.1 Å². The first-order valence-electron chi connectivity index (χ1n) is 8.58. The molecular formula is C19H19ClF3N3O. The van der Waals surface area contributed by atoms with E-state index in [-0.39, 0.29) is 17.3 Å². The van der Waals surface area contributed by atoms with Gasteiger partial charge >= 0.3 is 6.18 Å². The molecule has 0 radical (unpaired) electrons. The highest BCUT2D eigenvalue weighted by Crippen LogP contribution is 2.36. The lowest BCUT2D eigenvalue weighted by atomic mass is 10.1. The Balaban J connectivity index is 1.59. The number of halogens is 4. The lowest BCUT2D eigenvalue weighted by molar-refractivity contribution is -0.137. The van der Waals surface area contributed by atoms with Crippen LogP contribution in [0.4, 0.5) is 30.2 Å². The highest BCUT2D eigenvalue weighted by atomic mass is 35.5. The summed E-state index contributed by atoms with van der Waals surface area (Å²) in [6, 6.07) is 10.8. The Bertz CT molecular complexity index is 803. The van der Waals surface area contributed by atoms with Gasteiger partial charge in [0.2, 0.25) is 5.91 Å². The van der Waals surface area contributed by atoms with Crippen LogP contribution in [-0.4, -0.2) is 25.5 Å². The molecule has 0 saturated carbocycles. The normalized spacial score (nSPS) is 14.3. The highest BCUT2D eigenvalue weighted by Gasteiger charge is 2.33. The number of anilines is 3. The number of carbonyl (C=O) groups is 1. The fourth-order valence-corrected chi connectivity index (χ4v) is 3.19. The molecule has 1 saturated heterocycles. The van der Waals surface area contributed by atoms with Gasteiger partial charge in [-0.05, 0) is 55.3 Å². The van der Waals surface area contributed by atoms with Crippen LogP contribution in [0.3, 0.4) is 0 Å². The van der Waals surface area contributed by atoms with E-state index < -0.39 is 17.6 Å². The summed E-state index contributed by atoms with van der Waals surface area (Å²) < 4.78 is 39.2. The smallest absolute Gasteiger partial charge is 0.376 e. The molecule has 0 aliphatic carbocycles. The predicted octanol–water partition coefficient (Wildman–Crippen LogP) is 5.01. The van der Waals surface area contributed by atoms with Crippen molar-refractivity contribution in [1.29, 1.82) is 0 Å². The second kappa shape index (κ2) is 8.08. The van der Waals surface area contributed by atoms with E-state index in [4.69, 9.17) is 11.6 Å². The second-order valence-corrected chi connectivity index (χ2v) is 6.77. The minimum absolute atomic E-state index is 0.0181. The van der Waals surface area contributed by atoms with Crippen LogP contribution < -0.4 is 15.5 Å². The molecule has 2 N–H and O–H groups in total. The van der Waals surface area contributed by atoms with E-state index in [0.29, 0.717) is 5.69 Å². The average molecular weight is 398 g/mol. The van der Waals surface area contributed by atoms with E-state index in [9.17, 15) is 18.0 Å². The van der Waals surface area contributed by atoms with Gasteiger partial charge in [-0.15, -0.1) is 0 Å². The topological polar surface area (TPSA) is 44.4 Å². The highest BCUT2D eigenvalue weighted by molar-refractivity contribution is 6.30. The number of carbonyl (C=O) groups excluding carboxylic acids is 1. The minimum Gasteiger partial charge on any atom is -0.376 e. The summed E-state index contributed by atoms with van der Waals surface area (Å²) in [5, 5.41) is 5.18. The maximum absolute atomic E-state index is 13.1. The van der Waals surface area contributed by atoms with Crippen molar-refractivity contribution in [3.63, 3.8) is 0 Å². The summed E-state index contributed by atoms with van der Waals surface area (Å²) in [5.74, 6) is -0.438. The molecular weight excluding hydrogens is 379 g/mol. The lowest BCUT2D eigenvalue weighted by Crippen LogP contribution is -2.23. The van der Waals surface area contributed by atoms with Gasteiger partial charge in [-0.25, -0.2) is 0 Å². The van der Waals surface area contributed by atoms with Crippen molar-refractivity contribution < 1.29 is 18.0 Å². The molecule has 1 aliphatic heterocycles. The lowest BCUT2D eigenvalue weighted by Gasteiger charge is -2.18. The van der Waals surface area contributed by atoms with Gasteiger partial charge in [0.25, 0.3) is 0 Å². The third-order valence-corrected chi connectivity index (χ3v) is 4.58. The largest absolute Gasteiger partial charge is 0.418 e. The van der Waals surface area contributed by atoms with E-state index in [2.05, 4.69) is 15.5 Å². The summed E-state index contributed by atoms with van der Waals surface area (Å²) in [6.45, 7) is 1.76. The van der Waals surface area contributed by atoms with Crippen molar-refractivity contribution in [3.8, 4) is 0 Å². The van der Waals surface area contributed by atoms with Crippen molar-refractivity contribution in [2.45, 2.75) is 19.0 Å². The number of benzene rings is 2. The van der Waals surface area contributed by atoms with Gasteiger partial charge in [-0.2, -0.15) is 13.2 Å². The van der Waals surface area contributed by atoms with Gasteiger partial charge in [0, 0.05) is 35.2 Å². The van der Waals surface area contributed by atoms with Gasteiger partial charge in [-0.3, -0.25) is 4.79 Å². The fourth-order valence-electron chi connectivity index (χ4n) is 3.02. The Morgan fingerprint density at radius 1 is 1.07 bits per heavy atom. The zero-order valence-electron chi connectivity index (χ0n) is 14.4. The molecule has 1 amide bonds. The zero-order valence-corrected chi connectivity index (χ0v) is 15.2. The SMILES string of the molecule is O=C(CNc1ccc(Cl)cc1C(F)(F)F)Nc1ccc(N2CCCC2)cc1. The molecule has 0 atom stereocenters. The minimum atomic E-state index is -4.56. The standard InChI is InChI=1S/C19H19ClF3N3O/c20-13-3-8-17(16(11-13)19(21,22)23)24-12-18(27)25-14-4-6-15(7-5-14)26-9-1-2-10-26/h3-8,11,24H,1-2,9-10,12H2,(H,25,27). The summed E-state index contributed by atoms with van der Waals surface area (Å²) in [6.07, 6.45) is -2.21. The van der Waals surface area contributed by atoms with Crippen LogP contribution in [0, 0.1) is 0 Å². The first kappa shape index (κ1) is 19.4. The Labute approximate surface area is 160 Å². The van der Waals surface area contributed by atoms with Crippen LogP contribution >= 0.6 is 11.6 Å². The third-order valence-electron chi connectivity index (χ3n) is 4.35. The van der Waals surface area contributed by atoms with Crippen LogP contribution in [0.5, 0.6) is 0 Å². The molecule has 2 aromatic carbocycles. The Morgan fingerprint density at radius 3 is 2.37 bits per heavy atom. The average Bonchev–Trinajstić information content (AvgIpc) is 3.15.